The van der Waals surface area contributed by atoms with Crippen LogP contribution in [0.3, 0.4) is 0 Å². The van der Waals surface area contributed by atoms with E-state index in [9.17, 15) is 4.79 Å². The summed E-state index contributed by atoms with van der Waals surface area (Å²) in [6.45, 7) is 10.4. The Morgan fingerprint density at radius 3 is 2.52 bits per heavy atom. The normalized spacial score (nSPS) is 19.7. The van der Waals surface area contributed by atoms with Crippen LogP contribution in [0, 0.1) is 18.3 Å². The number of hydrogen-bond acceptors (Lipinski definition) is 2. The lowest BCUT2D eigenvalue weighted by Gasteiger charge is -2.33. The zero-order valence-electron chi connectivity index (χ0n) is 13.4. The van der Waals surface area contributed by atoms with E-state index >= 15 is 0 Å². The molecule has 1 saturated heterocycles. The molecule has 1 amide bonds. The first-order chi connectivity index (χ1) is 9.39. The highest BCUT2D eigenvalue weighted by atomic mass is 35.5. The maximum atomic E-state index is 12.4. The topological polar surface area (TPSA) is 41.1 Å². The second-order valence-electron chi connectivity index (χ2n) is 6.85. The van der Waals surface area contributed by atoms with Gasteiger partial charge in [-0.25, -0.2) is 0 Å². The van der Waals surface area contributed by atoms with Crippen LogP contribution in [0.1, 0.15) is 44.4 Å². The minimum atomic E-state index is -0.00614. The van der Waals surface area contributed by atoms with Crippen LogP contribution in [0.5, 0.6) is 0 Å². The van der Waals surface area contributed by atoms with E-state index in [0.29, 0.717) is 0 Å². The zero-order valence-corrected chi connectivity index (χ0v) is 14.2. The summed E-state index contributed by atoms with van der Waals surface area (Å²) in [5, 5.41) is 6.53. The predicted molar refractivity (Wildman–Crippen MR) is 89.7 cm³/mol. The van der Waals surface area contributed by atoms with Crippen molar-refractivity contribution in [3.05, 3.63) is 35.4 Å². The van der Waals surface area contributed by atoms with Crippen molar-refractivity contribution < 1.29 is 4.79 Å². The van der Waals surface area contributed by atoms with Gasteiger partial charge in [-0.05, 0) is 36.4 Å². The third kappa shape index (κ3) is 4.45. The first-order valence-electron chi connectivity index (χ1n) is 7.46. The Kier molecular flexibility index (Phi) is 6.24. The van der Waals surface area contributed by atoms with Crippen LogP contribution in [0.15, 0.2) is 24.3 Å². The van der Waals surface area contributed by atoms with Gasteiger partial charge in [-0.2, -0.15) is 0 Å². The summed E-state index contributed by atoms with van der Waals surface area (Å²) in [6.07, 6.45) is 0.941. The highest BCUT2D eigenvalue weighted by Crippen LogP contribution is 2.34. The van der Waals surface area contributed by atoms with E-state index in [4.69, 9.17) is 0 Å². The van der Waals surface area contributed by atoms with Gasteiger partial charge in [0.2, 0.25) is 5.91 Å². The minimum absolute atomic E-state index is 0. The summed E-state index contributed by atoms with van der Waals surface area (Å²) in [5.41, 5.74) is 2.45. The Balaban J connectivity index is 0.00000220. The van der Waals surface area contributed by atoms with Crippen LogP contribution in [0.25, 0.3) is 0 Å². The van der Waals surface area contributed by atoms with Crippen molar-refractivity contribution in [3.8, 4) is 0 Å². The molecule has 3 nitrogen and oxygen atoms in total. The number of nitrogens with one attached hydrogen (secondary N) is 2. The number of carbonyl (C=O) groups is 1. The molecule has 1 aliphatic heterocycles. The summed E-state index contributed by atoms with van der Waals surface area (Å²) in [4.78, 5) is 12.4. The Hall–Kier alpha value is -1.06. The molecule has 4 heteroatoms. The largest absolute Gasteiger partial charge is 0.348 e. The molecule has 1 fully saturated rings. The highest BCUT2D eigenvalue weighted by molar-refractivity contribution is 5.85. The van der Waals surface area contributed by atoms with Gasteiger partial charge in [0.15, 0.2) is 0 Å². The van der Waals surface area contributed by atoms with Crippen molar-refractivity contribution in [2.45, 2.75) is 40.2 Å². The minimum Gasteiger partial charge on any atom is -0.348 e. The molecule has 1 aromatic carbocycles. The molecule has 0 aromatic heterocycles. The van der Waals surface area contributed by atoms with Gasteiger partial charge in [-0.3, -0.25) is 4.79 Å². The Labute approximate surface area is 134 Å². The molecule has 2 N–H and O–H groups in total. The van der Waals surface area contributed by atoms with Gasteiger partial charge in [0.1, 0.15) is 0 Å². The lowest BCUT2D eigenvalue weighted by molar-refractivity contribution is -0.126. The predicted octanol–water partition coefficient (Wildman–Crippen LogP) is 3.23. The Morgan fingerprint density at radius 2 is 2.00 bits per heavy atom. The fraction of sp³-hybridized carbons (Fsp3) is 0.588. The molecule has 0 bridgehead atoms. The molecule has 0 radical (unpaired) electrons. The smallest absolute Gasteiger partial charge is 0.224 e. The Bertz CT molecular complexity index is 476. The molecule has 2 atom stereocenters. The fourth-order valence-corrected chi connectivity index (χ4v) is 2.81. The van der Waals surface area contributed by atoms with Crippen molar-refractivity contribution in [2.75, 3.05) is 13.1 Å². The second kappa shape index (κ2) is 7.28. The quantitative estimate of drug-likeness (QED) is 0.900. The van der Waals surface area contributed by atoms with E-state index in [1.807, 2.05) is 12.1 Å². The molecule has 0 aliphatic carbocycles. The number of benzene rings is 1. The SMILES string of the molecule is Cc1ccccc1C(NC(=O)C1CCNC1)C(C)(C)C.Cl. The molecule has 21 heavy (non-hydrogen) atoms. The number of rotatable bonds is 3. The standard InChI is InChI=1S/C17H26N2O.ClH/c1-12-7-5-6-8-14(12)15(17(2,3)4)19-16(20)13-9-10-18-11-13;/h5-8,13,15,18H,9-11H2,1-4H3,(H,19,20);1H. The van der Waals surface area contributed by atoms with Gasteiger partial charge in [-0.15, -0.1) is 12.4 Å². The molecule has 118 valence electrons. The van der Waals surface area contributed by atoms with Gasteiger partial charge in [0, 0.05) is 6.54 Å². The molecule has 0 spiro atoms. The average molecular weight is 311 g/mol. The van der Waals surface area contributed by atoms with E-state index in [-0.39, 0.29) is 35.7 Å². The number of hydrogen-bond donors (Lipinski definition) is 2. The first-order valence-corrected chi connectivity index (χ1v) is 7.46. The molecular weight excluding hydrogens is 284 g/mol. The van der Waals surface area contributed by atoms with Crippen LogP contribution >= 0.6 is 12.4 Å². The number of halogens is 1. The van der Waals surface area contributed by atoms with Gasteiger partial charge < -0.3 is 10.6 Å². The average Bonchev–Trinajstić information content (AvgIpc) is 2.89. The summed E-state index contributed by atoms with van der Waals surface area (Å²) >= 11 is 0. The summed E-state index contributed by atoms with van der Waals surface area (Å²) in [5.74, 6) is 0.294. The number of carbonyl (C=O) groups excluding carboxylic acids is 1. The molecule has 1 aliphatic rings. The Morgan fingerprint density at radius 1 is 1.33 bits per heavy atom. The highest BCUT2D eigenvalue weighted by Gasteiger charge is 2.31. The maximum absolute atomic E-state index is 12.4. The van der Waals surface area contributed by atoms with E-state index in [1.165, 1.54) is 11.1 Å². The van der Waals surface area contributed by atoms with Gasteiger partial charge in [-0.1, -0.05) is 45.0 Å². The molecular formula is C17H27ClN2O. The molecule has 1 heterocycles. The molecule has 2 rings (SSSR count). The zero-order chi connectivity index (χ0) is 14.8. The van der Waals surface area contributed by atoms with Gasteiger partial charge in [0.25, 0.3) is 0 Å². The van der Waals surface area contributed by atoms with Crippen LogP contribution in [0.2, 0.25) is 0 Å². The van der Waals surface area contributed by atoms with E-state index in [0.717, 1.165) is 19.5 Å². The molecule has 2 unspecified atom stereocenters. The first kappa shape index (κ1) is 18.0. The third-order valence-corrected chi connectivity index (χ3v) is 4.08. The van der Waals surface area contributed by atoms with E-state index in [2.05, 4.69) is 50.5 Å². The van der Waals surface area contributed by atoms with Crippen molar-refractivity contribution in [2.24, 2.45) is 11.3 Å². The summed E-state index contributed by atoms with van der Waals surface area (Å²) < 4.78 is 0. The van der Waals surface area contributed by atoms with Gasteiger partial charge in [0.05, 0.1) is 12.0 Å². The maximum Gasteiger partial charge on any atom is 0.224 e. The summed E-state index contributed by atoms with van der Waals surface area (Å²) in [6, 6.07) is 8.37. The van der Waals surface area contributed by atoms with Crippen LogP contribution in [-0.4, -0.2) is 19.0 Å². The van der Waals surface area contributed by atoms with Crippen molar-refractivity contribution in [1.82, 2.24) is 10.6 Å². The van der Waals surface area contributed by atoms with Gasteiger partial charge >= 0.3 is 0 Å². The lowest BCUT2D eigenvalue weighted by atomic mass is 9.80. The van der Waals surface area contributed by atoms with Crippen molar-refractivity contribution in [1.29, 1.82) is 0 Å². The van der Waals surface area contributed by atoms with Crippen LogP contribution in [0.4, 0.5) is 0 Å². The third-order valence-electron chi connectivity index (χ3n) is 4.08. The van der Waals surface area contributed by atoms with Crippen LogP contribution in [-0.2, 0) is 4.79 Å². The second-order valence-corrected chi connectivity index (χ2v) is 6.85. The lowest BCUT2D eigenvalue weighted by Crippen LogP contribution is -2.40. The molecule has 1 aromatic rings. The van der Waals surface area contributed by atoms with E-state index in [1.54, 1.807) is 0 Å². The number of aryl methyl sites for hydroxylation is 1. The van der Waals surface area contributed by atoms with Crippen LogP contribution < -0.4 is 10.6 Å². The van der Waals surface area contributed by atoms with Crippen molar-refractivity contribution >= 4 is 18.3 Å². The van der Waals surface area contributed by atoms with Crippen molar-refractivity contribution in [3.63, 3.8) is 0 Å². The monoisotopic (exact) mass is 310 g/mol. The number of amides is 1. The van der Waals surface area contributed by atoms with E-state index < -0.39 is 0 Å². The fourth-order valence-electron chi connectivity index (χ4n) is 2.81. The summed E-state index contributed by atoms with van der Waals surface area (Å²) in [7, 11) is 0. The molecule has 0 saturated carbocycles.